The first kappa shape index (κ1) is 13.3. The van der Waals surface area contributed by atoms with Gasteiger partial charge in [0, 0.05) is 11.9 Å². The summed E-state index contributed by atoms with van der Waals surface area (Å²) in [6.07, 6.45) is 2.42. The number of nitro groups is 1. The Kier molecular flexibility index (Phi) is 3.95. The molecule has 0 aliphatic carbocycles. The molecule has 2 heterocycles. The summed E-state index contributed by atoms with van der Waals surface area (Å²) < 4.78 is 1.39. The van der Waals surface area contributed by atoms with E-state index in [-0.39, 0.29) is 24.1 Å². The van der Waals surface area contributed by atoms with E-state index in [0.717, 1.165) is 6.42 Å². The Labute approximate surface area is 112 Å². The molecule has 0 saturated heterocycles. The number of nitrogens with zero attached hydrogens (tertiary/aromatic N) is 3. The van der Waals surface area contributed by atoms with Gasteiger partial charge in [0.15, 0.2) is 0 Å². The van der Waals surface area contributed by atoms with E-state index in [1.54, 1.807) is 11.6 Å². The summed E-state index contributed by atoms with van der Waals surface area (Å²) in [6, 6.07) is 0. The first-order chi connectivity index (χ1) is 9.13. The van der Waals surface area contributed by atoms with Crippen LogP contribution in [0.3, 0.4) is 0 Å². The van der Waals surface area contributed by atoms with Gasteiger partial charge in [0.2, 0.25) is 11.7 Å². The molecule has 0 aliphatic heterocycles. The van der Waals surface area contributed by atoms with E-state index in [2.05, 4.69) is 15.6 Å². The van der Waals surface area contributed by atoms with Crippen molar-refractivity contribution in [3.63, 3.8) is 0 Å². The number of hydrogen-bond donors (Lipinski definition) is 2. The van der Waals surface area contributed by atoms with Crippen molar-refractivity contribution >= 4 is 33.8 Å². The van der Waals surface area contributed by atoms with Crippen LogP contribution in [0.5, 0.6) is 0 Å². The van der Waals surface area contributed by atoms with E-state index in [9.17, 15) is 14.9 Å². The van der Waals surface area contributed by atoms with Crippen LogP contribution in [0.1, 0.15) is 13.3 Å². The number of hydrogen-bond acceptors (Lipinski definition) is 6. The molecule has 2 aromatic rings. The number of anilines is 1. The number of amides is 1. The number of carbonyl (C=O) groups is 1. The fraction of sp³-hybridized carbons (Fsp3) is 0.400. The Morgan fingerprint density at radius 3 is 3.11 bits per heavy atom. The van der Waals surface area contributed by atoms with Gasteiger partial charge in [0.25, 0.3) is 4.96 Å². The number of thiazole rings is 1. The summed E-state index contributed by atoms with van der Waals surface area (Å²) in [5.41, 5.74) is 0. The maximum atomic E-state index is 11.4. The number of nitrogens with one attached hydrogen (secondary N) is 2. The second-order valence-corrected chi connectivity index (χ2v) is 4.67. The molecule has 0 radical (unpaired) electrons. The van der Waals surface area contributed by atoms with Crippen LogP contribution in [-0.2, 0) is 4.79 Å². The lowest BCUT2D eigenvalue weighted by molar-refractivity contribution is -0.389. The maximum absolute atomic E-state index is 11.4. The van der Waals surface area contributed by atoms with E-state index >= 15 is 0 Å². The lowest BCUT2D eigenvalue weighted by Gasteiger charge is -2.04. The largest absolute Gasteiger partial charge is 0.372 e. The van der Waals surface area contributed by atoms with E-state index in [1.807, 2.05) is 6.92 Å². The van der Waals surface area contributed by atoms with E-state index in [1.165, 1.54) is 15.7 Å². The summed E-state index contributed by atoms with van der Waals surface area (Å²) >= 11 is 1.29. The van der Waals surface area contributed by atoms with E-state index < -0.39 is 4.92 Å². The predicted octanol–water partition coefficient (Wildman–Crippen LogP) is 1.24. The van der Waals surface area contributed by atoms with Crippen molar-refractivity contribution in [3.8, 4) is 0 Å². The predicted molar refractivity (Wildman–Crippen MR) is 71.5 cm³/mol. The minimum absolute atomic E-state index is 0.0360. The van der Waals surface area contributed by atoms with Gasteiger partial charge in [0.05, 0.1) is 6.54 Å². The third-order valence-electron chi connectivity index (χ3n) is 2.40. The molecule has 0 spiro atoms. The first-order valence-electron chi connectivity index (χ1n) is 5.74. The highest BCUT2D eigenvalue weighted by Gasteiger charge is 2.23. The highest BCUT2D eigenvalue weighted by atomic mass is 32.1. The van der Waals surface area contributed by atoms with Crippen molar-refractivity contribution in [2.24, 2.45) is 0 Å². The topological polar surface area (TPSA) is 102 Å². The van der Waals surface area contributed by atoms with Gasteiger partial charge in [-0.3, -0.25) is 4.79 Å². The fourth-order valence-electron chi connectivity index (χ4n) is 1.56. The normalized spacial score (nSPS) is 10.6. The van der Waals surface area contributed by atoms with Gasteiger partial charge in [-0.1, -0.05) is 18.3 Å². The third kappa shape index (κ3) is 2.81. The molecule has 0 fully saturated rings. The molecule has 0 aliphatic rings. The van der Waals surface area contributed by atoms with Gasteiger partial charge >= 0.3 is 5.82 Å². The fourth-order valence-corrected chi connectivity index (χ4v) is 2.27. The lowest BCUT2D eigenvalue weighted by atomic mass is 10.4. The number of aromatic nitrogens is 2. The first-order valence-corrected chi connectivity index (χ1v) is 6.62. The summed E-state index contributed by atoms with van der Waals surface area (Å²) in [5.74, 6) is -0.254. The molecular formula is C10H13N5O3S. The van der Waals surface area contributed by atoms with Crippen molar-refractivity contribution in [2.45, 2.75) is 13.3 Å². The molecule has 2 aromatic heterocycles. The highest BCUT2D eigenvalue weighted by Crippen LogP contribution is 2.27. The van der Waals surface area contributed by atoms with E-state index in [0.29, 0.717) is 11.5 Å². The average molecular weight is 283 g/mol. The molecule has 0 unspecified atom stereocenters. The quantitative estimate of drug-likeness (QED) is 0.613. The molecule has 1 amide bonds. The summed E-state index contributed by atoms with van der Waals surface area (Å²) in [5, 5.41) is 18.1. The zero-order valence-corrected chi connectivity index (χ0v) is 11.1. The zero-order valence-electron chi connectivity index (χ0n) is 10.3. The molecule has 2 rings (SSSR count). The molecule has 0 saturated carbocycles. The Morgan fingerprint density at radius 2 is 2.42 bits per heavy atom. The van der Waals surface area contributed by atoms with Crippen LogP contribution in [0.2, 0.25) is 0 Å². The molecule has 0 aromatic carbocycles. The van der Waals surface area contributed by atoms with Crippen LogP contribution in [0.4, 0.5) is 11.6 Å². The summed E-state index contributed by atoms with van der Waals surface area (Å²) in [4.78, 5) is 26.6. The molecule has 102 valence electrons. The van der Waals surface area contributed by atoms with Crippen LogP contribution < -0.4 is 10.6 Å². The molecule has 2 N–H and O–H groups in total. The van der Waals surface area contributed by atoms with Crippen LogP contribution in [-0.4, -0.2) is 33.3 Å². The second-order valence-electron chi connectivity index (χ2n) is 3.80. The van der Waals surface area contributed by atoms with Crippen molar-refractivity contribution in [2.75, 3.05) is 18.4 Å². The smallest absolute Gasteiger partial charge is 0.358 e. The third-order valence-corrected chi connectivity index (χ3v) is 3.15. The maximum Gasteiger partial charge on any atom is 0.372 e. The Balaban J connectivity index is 2.12. The SMILES string of the molecule is CCCNC(=O)CNc1nc2sccn2c1[N+](=O)[O-]. The van der Waals surface area contributed by atoms with E-state index in [4.69, 9.17) is 0 Å². The van der Waals surface area contributed by atoms with Gasteiger partial charge in [-0.2, -0.15) is 9.38 Å². The van der Waals surface area contributed by atoms with Crippen molar-refractivity contribution in [1.29, 1.82) is 0 Å². The average Bonchev–Trinajstić information content (AvgIpc) is 2.92. The monoisotopic (exact) mass is 283 g/mol. The number of rotatable bonds is 6. The van der Waals surface area contributed by atoms with Crippen LogP contribution in [0.25, 0.3) is 4.96 Å². The van der Waals surface area contributed by atoms with Gasteiger partial charge in [-0.05, 0) is 11.3 Å². The Hall–Kier alpha value is -2.16. The van der Waals surface area contributed by atoms with Crippen molar-refractivity contribution in [1.82, 2.24) is 14.7 Å². The van der Waals surface area contributed by atoms with Crippen LogP contribution in [0.15, 0.2) is 11.6 Å². The van der Waals surface area contributed by atoms with Gasteiger partial charge in [-0.25, -0.2) is 0 Å². The van der Waals surface area contributed by atoms with Crippen molar-refractivity contribution in [3.05, 3.63) is 21.7 Å². The minimum Gasteiger partial charge on any atom is -0.358 e. The summed E-state index contributed by atoms with van der Waals surface area (Å²) in [7, 11) is 0. The van der Waals surface area contributed by atoms with Crippen molar-refractivity contribution < 1.29 is 9.72 Å². The molecule has 8 nitrogen and oxygen atoms in total. The van der Waals surface area contributed by atoms with Gasteiger partial charge in [0.1, 0.15) is 6.20 Å². The lowest BCUT2D eigenvalue weighted by Crippen LogP contribution is -2.30. The van der Waals surface area contributed by atoms with Crippen LogP contribution >= 0.6 is 11.3 Å². The number of carbonyl (C=O) groups excluding carboxylic acids is 1. The minimum atomic E-state index is -0.515. The summed E-state index contributed by atoms with van der Waals surface area (Å²) in [6.45, 7) is 2.49. The molecule has 9 heteroatoms. The van der Waals surface area contributed by atoms with Gasteiger partial charge in [-0.15, -0.1) is 0 Å². The second kappa shape index (κ2) is 5.65. The number of fused-ring (bicyclic) bond motifs is 1. The van der Waals surface area contributed by atoms with Gasteiger partial charge < -0.3 is 20.7 Å². The standard InChI is InChI=1S/C10H13N5O3S/c1-2-3-11-7(16)6-12-8-9(15(17)18)14-4-5-19-10(14)13-8/h4-5,12H,2-3,6H2,1H3,(H,11,16). The molecule has 0 atom stereocenters. The highest BCUT2D eigenvalue weighted by molar-refractivity contribution is 7.15. The Morgan fingerprint density at radius 1 is 1.63 bits per heavy atom. The zero-order chi connectivity index (χ0) is 13.8. The molecule has 0 bridgehead atoms. The van der Waals surface area contributed by atoms with Crippen LogP contribution in [0, 0.1) is 10.1 Å². The molecule has 19 heavy (non-hydrogen) atoms. The Bertz CT molecular complexity index is 605. The number of imidazole rings is 1. The molecular weight excluding hydrogens is 270 g/mol.